The molecule has 1 aromatic carbocycles. The van der Waals surface area contributed by atoms with E-state index in [0.717, 1.165) is 24.8 Å². The minimum absolute atomic E-state index is 0.0325. The predicted octanol–water partition coefficient (Wildman–Crippen LogP) is 3.40. The number of nitrogens with one attached hydrogen (secondary N) is 1. The van der Waals surface area contributed by atoms with Gasteiger partial charge in [0.2, 0.25) is 11.8 Å². The van der Waals surface area contributed by atoms with E-state index in [-0.39, 0.29) is 11.8 Å². The van der Waals surface area contributed by atoms with Gasteiger partial charge >= 0.3 is 0 Å². The van der Waals surface area contributed by atoms with Crippen LogP contribution in [0.2, 0.25) is 0 Å². The van der Waals surface area contributed by atoms with Crippen molar-refractivity contribution in [3.63, 3.8) is 0 Å². The van der Waals surface area contributed by atoms with Gasteiger partial charge in [0, 0.05) is 19.2 Å². The molecule has 0 radical (unpaired) electrons. The van der Waals surface area contributed by atoms with E-state index < -0.39 is 5.54 Å². The number of carbonyl (C=O) groups is 2. The molecule has 1 aliphatic carbocycles. The second-order valence-corrected chi connectivity index (χ2v) is 7.06. The van der Waals surface area contributed by atoms with Crippen LogP contribution in [-0.4, -0.2) is 49.6 Å². The van der Waals surface area contributed by atoms with Crippen LogP contribution in [-0.2, 0) is 9.59 Å². The van der Waals surface area contributed by atoms with Gasteiger partial charge in [-0.1, -0.05) is 25.3 Å². The lowest BCUT2D eigenvalue weighted by molar-refractivity contribution is -0.142. The van der Waals surface area contributed by atoms with Crippen LogP contribution < -0.4 is 14.8 Å². The summed E-state index contributed by atoms with van der Waals surface area (Å²) in [5.41, 5.74) is 0.0316. The van der Waals surface area contributed by atoms with Gasteiger partial charge in [-0.2, -0.15) is 0 Å². The number of carbonyl (C=O) groups excluding carboxylic acids is 2. The average molecular weight is 389 g/mol. The van der Waals surface area contributed by atoms with E-state index in [2.05, 4.69) is 5.32 Å². The number of likely N-dealkylation sites (N-methyl/N-ethyl adjacent to an activating group) is 1. The summed E-state index contributed by atoms with van der Waals surface area (Å²) in [6.45, 7) is 5.23. The maximum atomic E-state index is 13.1. The van der Waals surface area contributed by atoms with Gasteiger partial charge < -0.3 is 19.7 Å². The molecule has 6 heteroatoms. The molecule has 28 heavy (non-hydrogen) atoms. The first-order valence-electron chi connectivity index (χ1n) is 10.0. The smallest absolute Gasteiger partial charge is 0.248 e. The highest BCUT2D eigenvalue weighted by Crippen LogP contribution is 2.31. The summed E-state index contributed by atoms with van der Waals surface area (Å²) in [6, 6.07) is 5.45. The number of methoxy groups -OCH3 is 2. The zero-order valence-corrected chi connectivity index (χ0v) is 17.4. The fourth-order valence-electron chi connectivity index (χ4n) is 3.77. The van der Waals surface area contributed by atoms with Gasteiger partial charge in [0.05, 0.1) is 14.2 Å². The summed E-state index contributed by atoms with van der Waals surface area (Å²) in [6.07, 6.45) is 7.59. The number of nitrogens with zero attached hydrogens (tertiary/aromatic N) is 1. The summed E-state index contributed by atoms with van der Waals surface area (Å²) < 4.78 is 10.5. The van der Waals surface area contributed by atoms with E-state index in [0.29, 0.717) is 37.4 Å². The van der Waals surface area contributed by atoms with Crippen molar-refractivity contribution in [1.29, 1.82) is 0 Å². The van der Waals surface area contributed by atoms with Crippen LogP contribution in [0.4, 0.5) is 0 Å². The fourth-order valence-corrected chi connectivity index (χ4v) is 3.77. The topological polar surface area (TPSA) is 67.9 Å². The Bertz CT molecular complexity index is 704. The molecule has 0 atom stereocenters. The quantitative estimate of drug-likeness (QED) is 0.693. The monoisotopic (exact) mass is 388 g/mol. The van der Waals surface area contributed by atoms with Crippen molar-refractivity contribution in [3.05, 3.63) is 29.8 Å². The molecule has 0 saturated heterocycles. The van der Waals surface area contributed by atoms with E-state index in [1.54, 1.807) is 32.4 Å². The number of hydrogen-bond donors (Lipinski definition) is 1. The van der Waals surface area contributed by atoms with E-state index in [9.17, 15) is 9.59 Å². The highest BCUT2D eigenvalue weighted by Gasteiger charge is 2.42. The van der Waals surface area contributed by atoms with Crippen molar-refractivity contribution >= 4 is 17.9 Å². The fraction of sp³-hybridized carbons (Fsp3) is 0.545. The first kappa shape index (κ1) is 21.8. The lowest BCUT2D eigenvalue weighted by atomic mass is 9.80. The minimum atomic E-state index is -0.788. The van der Waals surface area contributed by atoms with Gasteiger partial charge in [0.1, 0.15) is 5.54 Å². The summed E-state index contributed by atoms with van der Waals surface area (Å²) in [7, 11) is 3.15. The molecule has 0 aliphatic heterocycles. The van der Waals surface area contributed by atoms with Crippen LogP contribution in [0.1, 0.15) is 51.5 Å². The van der Waals surface area contributed by atoms with E-state index in [4.69, 9.17) is 9.47 Å². The summed E-state index contributed by atoms with van der Waals surface area (Å²) in [5.74, 6) is 1.02. The molecule has 1 fully saturated rings. The Morgan fingerprint density at radius 3 is 2.29 bits per heavy atom. The van der Waals surface area contributed by atoms with Gasteiger partial charge in [0.25, 0.3) is 0 Å². The molecule has 0 spiro atoms. The molecule has 2 amide bonds. The number of amides is 2. The molecule has 1 aliphatic rings. The van der Waals surface area contributed by atoms with Gasteiger partial charge in [-0.15, -0.1) is 0 Å². The van der Waals surface area contributed by atoms with Crippen LogP contribution in [0.5, 0.6) is 11.5 Å². The SMILES string of the molecule is CCN(CC)C(=O)C1(NC(=O)/C=C/c2ccc(OC)c(OC)c2)CCCCC1. The summed E-state index contributed by atoms with van der Waals surface area (Å²) in [4.78, 5) is 27.6. The molecule has 0 unspecified atom stereocenters. The van der Waals surface area contributed by atoms with Crippen LogP contribution >= 0.6 is 0 Å². The molecule has 6 nitrogen and oxygen atoms in total. The molecular formula is C22H32N2O4. The molecule has 2 rings (SSSR count). The molecule has 0 bridgehead atoms. The number of rotatable bonds is 8. The number of hydrogen-bond acceptors (Lipinski definition) is 4. The third kappa shape index (κ3) is 5.06. The Balaban J connectivity index is 2.15. The Hall–Kier alpha value is -2.50. The Labute approximate surface area is 167 Å². The zero-order valence-electron chi connectivity index (χ0n) is 17.4. The van der Waals surface area contributed by atoms with E-state index in [1.165, 1.54) is 6.08 Å². The average Bonchev–Trinajstić information content (AvgIpc) is 2.73. The predicted molar refractivity (Wildman–Crippen MR) is 110 cm³/mol. The maximum Gasteiger partial charge on any atom is 0.248 e. The molecule has 1 aromatic rings. The van der Waals surface area contributed by atoms with Gasteiger partial charge in [-0.25, -0.2) is 0 Å². The highest BCUT2D eigenvalue weighted by atomic mass is 16.5. The molecule has 0 heterocycles. The maximum absolute atomic E-state index is 13.1. The van der Waals surface area contributed by atoms with Crippen molar-refractivity contribution in [3.8, 4) is 11.5 Å². The third-order valence-electron chi connectivity index (χ3n) is 5.36. The second-order valence-electron chi connectivity index (χ2n) is 7.06. The Kier molecular flexibility index (Phi) is 7.91. The molecule has 154 valence electrons. The Morgan fingerprint density at radius 2 is 1.71 bits per heavy atom. The summed E-state index contributed by atoms with van der Waals surface area (Å²) in [5, 5.41) is 3.03. The van der Waals surface area contributed by atoms with Crippen LogP contribution in [0.15, 0.2) is 24.3 Å². The lowest BCUT2D eigenvalue weighted by Gasteiger charge is -2.39. The van der Waals surface area contributed by atoms with Gasteiger partial charge in [0.15, 0.2) is 11.5 Å². The molecular weight excluding hydrogens is 356 g/mol. The minimum Gasteiger partial charge on any atom is -0.493 e. The normalized spacial score (nSPS) is 15.9. The van der Waals surface area contributed by atoms with Crippen molar-refractivity contribution in [2.75, 3.05) is 27.3 Å². The number of ether oxygens (including phenoxy) is 2. The van der Waals surface area contributed by atoms with Crippen LogP contribution in [0.25, 0.3) is 6.08 Å². The first-order chi connectivity index (χ1) is 13.5. The first-order valence-corrected chi connectivity index (χ1v) is 10.0. The standard InChI is InChI=1S/C22H32N2O4/c1-5-24(6-2)21(26)22(14-8-7-9-15-22)23-20(25)13-11-17-10-12-18(27-3)19(16-17)28-4/h10-13,16H,5-9,14-15H2,1-4H3,(H,23,25)/b13-11+. The van der Waals surface area contributed by atoms with Gasteiger partial charge in [-0.05, 0) is 50.5 Å². The van der Waals surface area contributed by atoms with Crippen molar-refractivity contribution in [2.45, 2.75) is 51.5 Å². The second kappa shape index (κ2) is 10.2. The molecule has 0 aromatic heterocycles. The Morgan fingerprint density at radius 1 is 1.07 bits per heavy atom. The summed E-state index contributed by atoms with van der Waals surface area (Å²) >= 11 is 0. The highest BCUT2D eigenvalue weighted by molar-refractivity contribution is 5.97. The third-order valence-corrected chi connectivity index (χ3v) is 5.36. The van der Waals surface area contributed by atoms with Crippen molar-refractivity contribution < 1.29 is 19.1 Å². The zero-order chi connectivity index (χ0) is 20.6. The van der Waals surface area contributed by atoms with E-state index in [1.807, 2.05) is 24.8 Å². The van der Waals surface area contributed by atoms with Gasteiger partial charge in [-0.3, -0.25) is 9.59 Å². The molecule has 1 saturated carbocycles. The lowest BCUT2D eigenvalue weighted by Crippen LogP contribution is -2.60. The van der Waals surface area contributed by atoms with Crippen molar-refractivity contribution in [1.82, 2.24) is 10.2 Å². The largest absolute Gasteiger partial charge is 0.493 e. The number of benzene rings is 1. The van der Waals surface area contributed by atoms with E-state index >= 15 is 0 Å². The van der Waals surface area contributed by atoms with Crippen LogP contribution in [0.3, 0.4) is 0 Å². The molecule has 1 N–H and O–H groups in total. The van der Waals surface area contributed by atoms with Crippen molar-refractivity contribution in [2.24, 2.45) is 0 Å². The van der Waals surface area contributed by atoms with Crippen LogP contribution in [0, 0.1) is 0 Å².